The fraction of sp³-hybridized carbons (Fsp3) is 0.0741. The lowest BCUT2D eigenvalue weighted by molar-refractivity contribution is -0.124. The number of rotatable bonds is 5. The van der Waals surface area contributed by atoms with Gasteiger partial charge in [0.15, 0.2) is 11.4 Å². The molecule has 0 unspecified atom stereocenters. The summed E-state index contributed by atoms with van der Waals surface area (Å²) in [5.74, 6) is -1.19. The van der Waals surface area contributed by atoms with Crippen molar-refractivity contribution in [1.29, 1.82) is 0 Å². The highest BCUT2D eigenvalue weighted by atomic mass is 32.1. The molecular formula is C27H19FN4O3S. The molecule has 9 heteroatoms. The fourth-order valence-corrected chi connectivity index (χ4v) is 5.54. The molecule has 4 heterocycles. The van der Waals surface area contributed by atoms with Crippen LogP contribution in [0.4, 0.5) is 9.18 Å². The van der Waals surface area contributed by atoms with E-state index in [2.05, 4.69) is 15.6 Å². The Balaban J connectivity index is 1.36. The van der Waals surface area contributed by atoms with Crippen molar-refractivity contribution in [2.75, 3.05) is 0 Å². The molecular weight excluding hydrogens is 479 g/mol. The quantitative estimate of drug-likeness (QED) is 0.297. The number of thiophene rings is 1. The largest absolute Gasteiger partial charge is 0.494 e. The molecule has 0 bridgehead atoms. The molecule has 1 aliphatic rings. The molecule has 3 N–H and O–H groups in total. The molecule has 0 aliphatic carbocycles. The van der Waals surface area contributed by atoms with Gasteiger partial charge in [0, 0.05) is 28.0 Å². The van der Waals surface area contributed by atoms with Gasteiger partial charge in [-0.05, 0) is 53.6 Å². The first-order valence-electron chi connectivity index (χ1n) is 11.2. The predicted molar refractivity (Wildman–Crippen MR) is 135 cm³/mol. The standard InChI is InChI=1S/C27H19FN4O3S/c28-19-9-6-17-14-32(24(33)20(17)13-19)15-27(25(34)30-26(35)31-27)18-7-4-16(5-8-18)22-10-11-23(36-22)21-3-1-2-12-29-21/h1-14,33H,15H2,(H2,30,31,34,35)/t27-/m0/s1. The predicted octanol–water partition coefficient (Wildman–Crippen LogP) is 5.01. The van der Waals surface area contributed by atoms with E-state index in [-0.39, 0.29) is 12.4 Å². The summed E-state index contributed by atoms with van der Waals surface area (Å²) in [6.07, 6.45) is 3.38. The van der Waals surface area contributed by atoms with Crippen LogP contribution >= 0.6 is 11.3 Å². The van der Waals surface area contributed by atoms with Crippen LogP contribution in [0.2, 0.25) is 0 Å². The van der Waals surface area contributed by atoms with Crippen molar-refractivity contribution in [2.45, 2.75) is 12.1 Å². The van der Waals surface area contributed by atoms with Crippen molar-refractivity contribution < 1.29 is 19.1 Å². The Kier molecular flexibility index (Phi) is 5.08. The summed E-state index contributed by atoms with van der Waals surface area (Å²) in [7, 11) is 0. The molecule has 7 nitrogen and oxygen atoms in total. The molecule has 1 atom stereocenters. The average Bonchev–Trinajstić information content (AvgIpc) is 3.57. The number of halogens is 1. The first-order valence-corrected chi connectivity index (χ1v) is 12.0. The Hall–Kier alpha value is -4.50. The number of imide groups is 1. The van der Waals surface area contributed by atoms with Gasteiger partial charge in [0.25, 0.3) is 5.91 Å². The van der Waals surface area contributed by atoms with Crippen molar-refractivity contribution in [2.24, 2.45) is 0 Å². The van der Waals surface area contributed by atoms with Gasteiger partial charge in [-0.2, -0.15) is 0 Å². The number of fused-ring (bicyclic) bond motifs is 1. The first kappa shape index (κ1) is 22.0. The third-order valence-electron chi connectivity index (χ3n) is 6.36. The molecule has 0 radical (unpaired) electrons. The Morgan fingerprint density at radius 2 is 1.81 bits per heavy atom. The van der Waals surface area contributed by atoms with Crippen molar-refractivity contribution >= 4 is 34.0 Å². The van der Waals surface area contributed by atoms with Crippen LogP contribution in [0.5, 0.6) is 5.88 Å². The van der Waals surface area contributed by atoms with E-state index < -0.39 is 23.3 Å². The molecule has 1 aliphatic heterocycles. The Morgan fingerprint density at radius 3 is 2.53 bits per heavy atom. The second kappa shape index (κ2) is 8.31. The van der Waals surface area contributed by atoms with Crippen molar-refractivity contribution in [3.8, 4) is 26.9 Å². The number of hydrogen-bond donors (Lipinski definition) is 3. The van der Waals surface area contributed by atoms with Crippen LogP contribution in [0.1, 0.15) is 5.56 Å². The molecule has 1 saturated heterocycles. The lowest BCUT2D eigenvalue weighted by Gasteiger charge is -2.27. The second-order valence-corrected chi connectivity index (χ2v) is 9.67. The number of aromatic nitrogens is 2. The number of aromatic hydroxyl groups is 1. The lowest BCUT2D eigenvalue weighted by Crippen LogP contribution is -2.47. The van der Waals surface area contributed by atoms with E-state index in [0.29, 0.717) is 16.3 Å². The number of carbonyl (C=O) groups is 2. The molecule has 36 heavy (non-hydrogen) atoms. The van der Waals surface area contributed by atoms with E-state index in [1.165, 1.54) is 16.7 Å². The molecule has 2 aromatic carbocycles. The molecule has 0 spiro atoms. The van der Waals surface area contributed by atoms with E-state index in [4.69, 9.17) is 0 Å². The van der Waals surface area contributed by atoms with Crippen LogP contribution in [0.15, 0.2) is 85.2 Å². The summed E-state index contributed by atoms with van der Waals surface area (Å²) >= 11 is 1.61. The number of carbonyl (C=O) groups excluding carboxylic acids is 2. The third kappa shape index (κ3) is 3.61. The maximum Gasteiger partial charge on any atom is 0.322 e. The SMILES string of the molecule is O=C1NC(=O)[C@](Cn2cc3ccc(F)cc3c2O)(c2ccc(-c3ccc(-c4ccccn4)s3)cc2)N1. The molecule has 0 saturated carbocycles. The minimum Gasteiger partial charge on any atom is -0.494 e. The van der Waals surface area contributed by atoms with E-state index in [1.54, 1.807) is 41.9 Å². The van der Waals surface area contributed by atoms with Crippen LogP contribution in [-0.2, 0) is 16.9 Å². The summed E-state index contributed by atoms with van der Waals surface area (Å²) in [5, 5.41) is 16.7. The maximum atomic E-state index is 13.7. The van der Waals surface area contributed by atoms with Crippen molar-refractivity contribution in [3.63, 3.8) is 0 Å². The average molecular weight is 499 g/mol. The van der Waals surface area contributed by atoms with Crippen LogP contribution in [0, 0.1) is 5.82 Å². The second-order valence-electron chi connectivity index (χ2n) is 8.58. The normalized spacial score (nSPS) is 17.4. The number of nitrogens with one attached hydrogen (secondary N) is 2. The highest BCUT2D eigenvalue weighted by Crippen LogP contribution is 2.37. The topological polar surface area (TPSA) is 96.2 Å². The maximum absolute atomic E-state index is 13.7. The zero-order valence-electron chi connectivity index (χ0n) is 18.7. The highest BCUT2D eigenvalue weighted by Gasteiger charge is 2.48. The van der Waals surface area contributed by atoms with Crippen molar-refractivity contribution in [3.05, 3.63) is 96.6 Å². The summed E-state index contributed by atoms with van der Waals surface area (Å²) in [5.41, 5.74) is 0.957. The molecule has 5 aromatic rings. The summed E-state index contributed by atoms with van der Waals surface area (Å²) in [6, 6.07) is 20.6. The molecule has 6 rings (SSSR count). The number of urea groups is 1. The molecule has 3 aromatic heterocycles. The van der Waals surface area contributed by atoms with Crippen LogP contribution in [0.3, 0.4) is 0 Å². The number of benzene rings is 2. The van der Waals surface area contributed by atoms with Gasteiger partial charge >= 0.3 is 6.03 Å². The van der Waals surface area contributed by atoms with Crippen molar-refractivity contribution in [1.82, 2.24) is 20.2 Å². The van der Waals surface area contributed by atoms with Crippen LogP contribution in [0.25, 0.3) is 31.8 Å². The van der Waals surface area contributed by atoms with Gasteiger partial charge in [-0.3, -0.25) is 15.1 Å². The van der Waals surface area contributed by atoms with Gasteiger partial charge in [0.2, 0.25) is 0 Å². The van der Waals surface area contributed by atoms with Crippen LogP contribution in [-0.4, -0.2) is 26.6 Å². The lowest BCUT2D eigenvalue weighted by atomic mass is 9.89. The Labute approximate surface area is 208 Å². The van der Waals surface area contributed by atoms with Gasteiger partial charge in [-0.15, -0.1) is 11.3 Å². The number of pyridine rings is 1. The summed E-state index contributed by atoms with van der Waals surface area (Å²) in [4.78, 5) is 31.7. The zero-order chi connectivity index (χ0) is 24.9. The van der Waals surface area contributed by atoms with Gasteiger partial charge in [0.1, 0.15) is 5.82 Å². The minimum absolute atomic E-state index is 0.0745. The Bertz CT molecular complexity index is 1630. The van der Waals surface area contributed by atoms with Gasteiger partial charge in [0.05, 0.1) is 17.1 Å². The number of amides is 3. The number of nitrogens with zero attached hydrogens (tertiary/aromatic N) is 2. The Morgan fingerprint density at radius 1 is 1.00 bits per heavy atom. The van der Waals surface area contributed by atoms with Gasteiger partial charge in [-0.1, -0.05) is 30.3 Å². The molecule has 1 fully saturated rings. The monoisotopic (exact) mass is 498 g/mol. The van der Waals surface area contributed by atoms with E-state index in [1.807, 2.05) is 42.5 Å². The third-order valence-corrected chi connectivity index (χ3v) is 7.51. The van der Waals surface area contributed by atoms with Gasteiger partial charge < -0.3 is 15.0 Å². The molecule has 178 valence electrons. The van der Waals surface area contributed by atoms with Crippen LogP contribution < -0.4 is 10.6 Å². The molecule has 3 amide bonds. The van der Waals surface area contributed by atoms with E-state index >= 15 is 0 Å². The smallest absolute Gasteiger partial charge is 0.322 e. The summed E-state index contributed by atoms with van der Waals surface area (Å²) < 4.78 is 15.2. The van der Waals surface area contributed by atoms with E-state index in [0.717, 1.165) is 21.0 Å². The highest BCUT2D eigenvalue weighted by molar-refractivity contribution is 7.18. The van der Waals surface area contributed by atoms with E-state index in [9.17, 15) is 19.1 Å². The summed E-state index contributed by atoms with van der Waals surface area (Å²) in [6.45, 7) is -0.0745. The fourth-order valence-electron chi connectivity index (χ4n) is 4.55. The first-order chi connectivity index (χ1) is 17.4. The van der Waals surface area contributed by atoms with Gasteiger partial charge in [-0.25, -0.2) is 9.18 Å². The zero-order valence-corrected chi connectivity index (χ0v) is 19.6. The minimum atomic E-state index is -1.45. The number of hydrogen-bond acceptors (Lipinski definition) is 5.